The Morgan fingerprint density at radius 1 is 0.935 bits per heavy atom. The van der Waals surface area contributed by atoms with Crippen LogP contribution < -0.4 is 4.90 Å². The molecule has 1 saturated heterocycles. The zero-order valence-corrected chi connectivity index (χ0v) is 18.1. The van der Waals surface area contributed by atoms with Gasteiger partial charge in [-0.2, -0.15) is 0 Å². The summed E-state index contributed by atoms with van der Waals surface area (Å²) in [6.07, 6.45) is 2.00. The molecule has 3 aromatic carbocycles. The van der Waals surface area contributed by atoms with E-state index >= 15 is 0 Å². The maximum absolute atomic E-state index is 13.2. The number of carbonyl (C=O) groups excluding carboxylic acids is 2. The van der Waals surface area contributed by atoms with Crippen LogP contribution in [-0.2, 0) is 17.8 Å². The van der Waals surface area contributed by atoms with Gasteiger partial charge in [-0.15, -0.1) is 11.8 Å². The van der Waals surface area contributed by atoms with Crippen LogP contribution in [0.1, 0.15) is 38.8 Å². The molecule has 5 rings (SSSR count). The summed E-state index contributed by atoms with van der Waals surface area (Å²) in [6, 6.07) is 26.0. The number of hydrogen-bond acceptors (Lipinski definition) is 3. The van der Waals surface area contributed by atoms with Gasteiger partial charge in [-0.25, -0.2) is 0 Å². The first-order valence-electron chi connectivity index (χ1n) is 10.7. The van der Waals surface area contributed by atoms with Crippen LogP contribution in [0.2, 0.25) is 0 Å². The lowest BCUT2D eigenvalue weighted by Crippen LogP contribution is -2.35. The summed E-state index contributed by atoms with van der Waals surface area (Å²) in [5.74, 6) is 0.682. The van der Waals surface area contributed by atoms with Crippen LogP contribution in [0.4, 0.5) is 5.69 Å². The molecule has 0 radical (unpaired) electrons. The van der Waals surface area contributed by atoms with Gasteiger partial charge in [-0.05, 0) is 47.7 Å². The molecular formula is C26H24N2O2S. The molecule has 2 amide bonds. The predicted molar refractivity (Wildman–Crippen MR) is 125 cm³/mol. The zero-order chi connectivity index (χ0) is 21.2. The van der Waals surface area contributed by atoms with Crippen LogP contribution in [0.15, 0.2) is 78.9 Å². The van der Waals surface area contributed by atoms with Gasteiger partial charge >= 0.3 is 0 Å². The van der Waals surface area contributed by atoms with E-state index in [-0.39, 0.29) is 17.2 Å². The Hall–Kier alpha value is -3.05. The standard InChI is InChI=1S/C26H24N2O2S/c29-24-18-31-26(28(24)17-19-7-2-1-3-8-19)22-14-12-21(13-15-22)25(30)27-16-6-10-20-9-4-5-11-23(20)27/h1-5,7-9,11-15,26H,6,10,16-18H2/t26-/m0/s1. The molecule has 2 aliphatic heterocycles. The lowest BCUT2D eigenvalue weighted by molar-refractivity contribution is -0.128. The SMILES string of the molecule is O=C(c1ccc([C@@H]2SCC(=O)N2Cc2ccccc2)cc1)N1CCCc2ccccc21. The third-order valence-electron chi connectivity index (χ3n) is 5.96. The molecule has 0 unspecified atom stereocenters. The van der Waals surface area contributed by atoms with E-state index in [1.54, 1.807) is 11.8 Å². The Morgan fingerprint density at radius 2 is 1.68 bits per heavy atom. The van der Waals surface area contributed by atoms with Crippen molar-refractivity contribution in [1.82, 2.24) is 4.90 Å². The zero-order valence-electron chi connectivity index (χ0n) is 17.2. The van der Waals surface area contributed by atoms with Gasteiger partial charge in [0.25, 0.3) is 5.91 Å². The van der Waals surface area contributed by atoms with Crippen molar-refractivity contribution in [2.45, 2.75) is 24.8 Å². The average molecular weight is 429 g/mol. The number of nitrogens with zero attached hydrogens (tertiary/aromatic N) is 2. The number of benzene rings is 3. The van der Waals surface area contributed by atoms with Crippen molar-refractivity contribution in [3.05, 3.63) is 101 Å². The minimum atomic E-state index is -0.0208. The predicted octanol–water partition coefficient (Wildman–Crippen LogP) is 5.05. The van der Waals surface area contributed by atoms with E-state index in [1.807, 2.05) is 82.6 Å². The first-order chi connectivity index (χ1) is 15.2. The van der Waals surface area contributed by atoms with E-state index in [9.17, 15) is 9.59 Å². The number of rotatable bonds is 4. The van der Waals surface area contributed by atoms with Crippen LogP contribution in [0.5, 0.6) is 0 Å². The summed E-state index contributed by atoms with van der Waals surface area (Å²) < 4.78 is 0. The number of amides is 2. The first kappa shape index (κ1) is 19.9. The number of fused-ring (bicyclic) bond motifs is 1. The number of aryl methyl sites for hydroxylation is 1. The Morgan fingerprint density at radius 3 is 2.48 bits per heavy atom. The van der Waals surface area contributed by atoms with E-state index in [0.717, 1.165) is 36.2 Å². The summed E-state index contributed by atoms with van der Waals surface area (Å²) in [6.45, 7) is 1.35. The summed E-state index contributed by atoms with van der Waals surface area (Å²) in [5, 5.41) is -0.0208. The topological polar surface area (TPSA) is 40.6 Å². The van der Waals surface area contributed by atoms with E-state index < -0.39 is 0 Å². The number of thioether (sulfide) groups is 1. The first-order valence-corrected chi connectivity index (χ1v) is 11.7. The average Bonchev–Trinajstić information content (AvgIpc) is 3.19. The van der Waals surface area contributed by atoms with E-state index in [2.05, 4.69) is 6.07 Å². The molecular weight excluding hydrogens is 404 g/mol. The quantitative estimate of drug-likeness (QED) is 0.584. The molecule has 0 bridgehead atoms. The molecule has 0 saturated carbocycles. The highest BCUT2D eigenvalue weighted by atomic mass is 32.2. The summed E-state index contributed by atoms with van der Waals surface area (Å²) >= 11 is 1.64. The van der Waals surface area contributed by atoms with Crippen molar-refractivity contribution < 1.29 is 9.59 Å². The third kappa shape index (κ3) is 3.98. The van der Waals surface area contributed by atoms with Crippen molar-refractivity contribution in [3.63, 3.8) is 0 Å². The van der Waals surface area contributed by atoms with Crippen LogP contribution in [0, 0.1) is 0 Å². The fraction of sp³-hybridized carbons (Fsp3) is 0.231. The van der Waals surface area contributed by atoms with Gasteiger partial charge < -0.3 is 9.80 Å². The third-order valence-corrected chi connectivity index (χ3v) is 7.22. The number of carbonyl (C=O) groups is 2. The van der Waals surface area contributed by atoms with Crippen LogP contribution in [0.3, 0.4) is 0 Å². The van der Waals surface area contributed by atoms with Crippen molar-refractivity contribution in [3.8, 4) is 0 Å². The molecule has 2 aliphatic rings. The van der Waals surface area contributed by atoms with Gasteiger partial charge in [0.2, 0.25) is 5.91 Å². The maximum atomic E-state index is 13.2. The largest absolute Gasteiger partial charge is 0.322 e. The summed E-state index contributed by atoms with van der Waals surface area (Å²) in [5.41, 5.74) is 5.12. The van der Waals surface area contributed by atoms with Crippen molar-refractivity contribution in [2.24, 2.45) is 0 Å². The maximum Gasteiger partial charge on any atom is 0.258 e. The Labute approximate surface area is 186 Å². The highest BCUT2D eigenvalue weighted by Crippen LogP contribution is 2.39. The minimum Gasteiger partial charge on any atom is -0.322 e. The van der Waals surface area contributed by atoms with Gasteiger partial charge in [-0.1, -0.05) is 60.7 Å². The molecule has 0 aliphatic carbocycles. The molecule has 31 heavy (non-hydrogen) atoms. The van der Waals surface area contributed by atoms with Crippen LogP contribution >= 0.6 is 11.8 Å². The lowest BCUT2D eigenvalue weighted by atomic mass is 10.0. The molecule has 1 fully saturated rings. The number of para-hydroxylation sites is 1. The van der Waals surface area contributed by atoms with E-state index in [0.29, 0.717) is 17.9 Å². The highest BCUT2D eigenvalue weighted by molar-refractivity contribution is 8.00. The molecule has 156 valence electrons. The molecule has 0 aromatic heterocycles. The summed E-state index contributed by atoms with van der Waals surface area (Å²) in [4.78, 5) is 29.5. The Bertz CT molecular complexity index is 1100. The molecule has 0 N–H and O–H groups in total. The number of hydrogen-bond donors (Lipinski definition) is 0. The second-order valence-corrected chi connectivity index (χ2v) is 9.05. The van der Waals surface area contributed by atoms with Crippen LogP contribution in [0.25, 0.3) is 0 Å². The monoisotopic (exact) mass is 428 g/mol. The van der Waals surface area contributed by atoms with Crippen molar-refractivity contribution >= 4 is 29.3 Å². The lowest BCUT2D eigenvalue weighted by Gasteiger charge is -2.29. The normalized spacial score (nSPS) is 18.2. The van der Waals surface area contributed by atoms with Crippen molar-refractivity contribution in [1.29, 1.82) is 0 Å². The smallest absolute Gasteiger partial charge is 0.258 e. The Balaban J connectivity index is 1.35. The Kier molecular flexibility index (Phi) is 5.51. The van der Waals surface area contributed by atoms with Crippen LogP contribution in [-0.4, -0.2) is 29.0 Å². The van der Waals surface area contributed by atoms with Crippen molar-refractivity contribution in [2.75, 3.05) is 17.2 Å². The molecule has 4 nitrogen and oxygen atoms in total. The summed E-state index contributed by atoms with van der Waals surface area (Å²) in [7, 11) is 0. The molecule has 3 aromatic rings. The van der Waals surface area contributed by atoms with Gasteiger partial charge in [0, 0.05) is 24.3 Å². The molecule has 2 heterocycles. The second kappa shape index (κ2) is 8.60. The highest BCUT2D eigenvalue weighted by Gasteiger charge is 2.33. The van der Waals surface area contributed by atoms with Gasteiger partial charge in [0.05, 0.1) is 5.75 Å². The van der Waals surface area contributed by atoms with Gasteiger partial charge in [0.1, 0.15) is 5.37 Å². The fourth-order valence-corrected chi connectivity index (χ4v) is 5.56. The molecule has 0 spiro atoms. The molecule has 1 atom stereocenters. The number of anilines is 1. The van der Waals surface area contributed by atoms with Gasteiger partial charge in [0.15, 0.2) is 0 Å². The van der Waals surface area contributed by atoms with E-state index in [1.165, 1.54) is 5.56 Å². The fourth-order valence-electron chi connectivity index (χ4n) is 4.37. The molecule has 5 heteroatoms. The minimum absolute atomic E-state index is 0.0208. The second-order valence-electron chi connectivity index (χ2n) is 7.98. The van der Waals surface area contributed by atoms with E-state index in [4.69, 9.17) is 0 Å². The van der Waals surface area contributed by atoms with Gasteiger partial charge in [-0.3, -0.25) is 9.59 Å².